The van der Waals surface area contributed by atoms with E-state index in [0.717, 1.165) is 24.9 Å². The zero-order valence-corrected chi connectivity index (χ0v) is 11.9. The van der Waals surface area contributed by atoms with Gasteiger partial charge in [0.25, 0.3) is 5.69 Å². The Bertz CT molecular complexity index is 635. The first-order valence-electron chi connectivity index (χ1n) is 7.05. The first-order valence-corrected chi connectivity index (χ1v) is 7.05. The van der Waals surface area contributed by atoms with Crippen molar-refractivity contribution in [2.45, 2.75) is 25.8 Å². The minimum Gasteiger partial charge on any atom is -0.539 e. The van der Waals surface area contributed by atoms with Crippen molar-refractivity contribution in [3.63, 3.8) is 0 Å². The molecule has 0 unspecified atom stereocenters. The van der Waals surface area contributed by atoms with E-state index in [1.54, 1.807) is 11.9 Å². The van der Waals surface area contributed by atoms with Crippen molar-refractivity contribution in [1.29, 1.82) is 0 Å². The van der Waals surface area contributed by atoms with Crippen LogP contribution in [0.4, 0.5) is 0 Å². The summed E-state index contributed by atoms with van der Waals surface area (Å²) in [5.74, 6) is -0.316. The number of para-hydroxylation sites is 1. The van der Waals surface area contributed by atoms with Gasteiger partial charge in [0.1, 0.15) is 6.54 Å². The molecule has 0 aliphatic heterocycles. The number of carbonyl (C=O) groups is 1. The largest absolute Gasteiger partial charge is 0.539 e. The summed E-state index contributed by atoms with van der Waals surface area (Å²) in [6.45, 7) is 0.201. The molecule has 6 nitrogen and oxygen atoms in total. The van der Waals surface area contributed by atoms with Gasteiger partial charge in [-0.1, -0.05) is 24.6 Å². The van der Waals surface area contributed by atoms with E-state index in [1.165, 1.54) is 4.68 Å². The van der Waals surface area contributed by atoms with Crippen LogP contribution in [-0.2, 0) is 11.3 Å². The summed E-state index contributed by atoms with van der Waals surface area (Å²) < 4.78 is 6.20. The summed E-state index contributed by atoms with van der Waals surface area (Å²) in [6.07, 6.45) is 2.99. The van der Waals surface area contributed by atoms with Gasteiger partial charge in [-0.15, -0.1) is 0 Å². The van der Waals surface area contributed by atoms with Crippen molar-refractivity contribution in [2.75, 3.05) is 7.05 Å². The molecular weight excluding hydrogens is 270 g/mol. The van der Waals surface area contributed by atoms with Crippen molar-refractivity contribution in [1.82, 2.24) is 10.2 Å². The molecule has 1 aliphatic rings. The number of amides is 1. The molecule has 21 heavy (non-hydrogen) atoms. The Labute approximate surface area is 122 Å². The highest BCUT2D eigenvalue weighted by atomic mass is 16.6. The van der Waals surface area contributed by atoms with Gasteiger partial charge in [0.15, 0.2) is 5.95 Å². The molecule has 0 spiro atoms. The van der Waals surface area contributed by atoms with Gasteiger partial charge in [0.05, 0.1) is 5.27 Å². The highest BCUT2D eigenvalue weighted by Crippen LogP contribution is 2.28. The molecular formula is C15H17N3O3. The van der Waals surface area contributed by atoms with Crippen LogP contribution in [0.25, 0.3) is 5.69 Å². The lowest BCUT2D eigenvalue weighted by molar-refractivity contribution is -0.678. The average molecular weight is 287 g/mol. The van der Waals surface area contributed by atoms with E-state index in [2.05, 4.69) is 5.27 Å². The van der Waals surface area contributed by atoms with E-state index in [9.17, 15) is 9.90 Å². The summed E-state index contributed by atoms with van der Waals surface area (Å²) >= 11 is 0. The van der Waals surface area contributed by atoms with Crippen molar-refractivity contribution in [2.24, 2.45) is 5.92 Å². The minimum absolute atomic E-state index is 0.0847. The van der Waals surface area contributed by atoms with Gasteiger partial charge in [0, 0.05) is 25.1 Å². The average Bonchev–Trinajstić information content (AvgIpc) is 2.79. The zero-order valence-electron chi connectivity index (χ0n) is 11.9. The van der Waals surface area contributed by atoms with Crippen LogP contribution in [0.1, 0.15) is 25.0 Å². The highest BCUT2D eigenvalue weighted by molar-refractivity contribution is 5.79. The summed E-state index contributed by atoms with van der Waals surface area (Å²) in [7, 11) is 1.71. The Morgan fingerprint density at radius 3 is 2.76 bits per heavy atom. The highest BCUT2D eigenvalue weighted by Gasteiger charge is 2.30. The SMILES string of the molecule is CN(Cc1c([O-])on[n+]1-c1ccccc1)C(=O)C1CCC1. The fraction of sp³-hybridized carbons (Fsp3) is 0.400. The molecule has 0 radical (unpaired) electrons. The van der Waals surface area contributed by atoms with E-state index < -0.39 is 5.95 Å². The number of hydrogen-bond acceptors (Lipinski definition) is 4. The van der Waals surface area contributed by atoms with Gasteiger partial charge in [0.2, 0.25) is 11.6 Å². The predicted molar refractivity (Wildman–Crippen MR) is 71.3 cm³/mol. The molecule has 1 amide bonds. The van der Waals surface area contributed by atoms with Gasteiger partial charge in [-0.3, -0.25) is 4.79 Å². The molecule has 1 saturated carbocycles. The normalized spacial score (nSPS) is 14.7. The van der Waals surface area contributed by atoms with Crippen LogP contribution >= 0.6 is 0 Å². The first kappa shape index (κ1) is 13.6. The fourth-order valence-corrected chi connectivity index (χ4v) is 2.44. The molecule has 1 aliphatic carbocycles. The van der Waals surface area contributed by atoms with Crippen LogP contribution in [0.5, 0.6) is 5.95 Å². The minimum atomic E-state index is -0.507. The summed E-state index contributed by atoms with van der Waals surface area (Å²) in [4.78, 5) is 13.8. The monoisotopic (exact) mass is 287 g/mol. The second-order valence-corrected chi connectivity index (χ2v) is 5.38. The number of nitrogens with zero attached hydrogens (tertiary/aromatic N) is 3. The van der Waals surface area contributed by atoms with Gasteiger partial charge in [-0.05, 0) is 17.5 Å². The lowest BCUT2D eigenvalue weighted by atomic mass is 9.84. The van der Waals surface area contributed by atoms with E-state index >= 15 is 0 Å². The molecule has 3 rings (SSSR count). The molecule has 2 aromatic rings. The van der Waals surface area contributed by atoms with Gasteiger partial charge >= 0.3 is 0 Å². The Morgan fingerprint density at radius 1 is 1.43 bits per heavy atom. The summed E-state index contributed by atoms with van der Waals surface area (Å²) in [5, 5.41) is 15.6. The summed E-state index contributed by atoms with van der Waals surface area (Å²) in [5.41, 5.74) is 1.10. The van der Waals surface area contributed by atoms with E-state index in [1.807, 2.05) is 30.3 Å². The van der Waals surface area contributed by atoms with Gasteiger partial charge in [-0.25, -0.2) is 0 Å². The predicted octanol–water partition coefficient (Wildman–Crippen LogP) is 0.783. The molecule has 0 N–H and O–H groups in total. The van der Waals surface area contributed by atoms with Crippen molar-refractivity contribution in [3.05, 3.63) is 36.0 Å². The number of aromatic nitrogens is 2. The smallest absolute Gasteiger partial charge is 0.259 e. The molecule has 6 heteroatoms. The third kappa shape index (κ3) is 2.61. The Morgan fingerprint density at radius 2 is 2.14 bits per heavy atom. The topological polar surface area (TPSA) is 73.3 Å². The standard InChI is InChI=1S/C15H17N3O3/c1-17(14(19)11-6-5-7-11)10-13-15(20)21-16-18(13)12-8-3-2-4-9-12/h2-4,8-9,11H,5-7,10H2,1H3. The Balaban J connectivity index is 1.82. The molecule has 1 heterocycles. The van der Waals surface area contributed by atoms with E-state index in [-0.39, 0.29) is 18.4 Å². The number of rotatable bonds is 4. The molecule has 1 aromatic heterocycles. The van der Waals surface area contributed by atoms with Crippen molar-refractivity contribution in [3.8, 4) is 11.6 Å². The van der Waals surface area contributed by atoms with Gasteiger partial charge in [-0.2, -0.15) is 0 Å². The number of benzene rings is 1. The van der Waals surface area contributed by atoms with Crippen LogP contribution in [0.2, 0.25) is 0 Å². The first-order chi connectivity index (χ1) is 10.2. The molecule has 1 fully saturated rings. The Kier molecular flexibility index (Phi) is 3.60. The van der Waals surface area contributed by atoms with Crippen molar-refractivity contribution >= 4 is 5.91 Å². The second-order valence-electron chi connectivity index (χ2n) is 5.38. The summed E-state index contributed by atoms with van der Waals surface area (Å²) in [6, 6.07) is 9.26. The van der Waals surface area contributed by atoms with Crippen LogP contribution < -0.4 is 9.79 Å². The molecule has 0 saturated heterocycles. The molecule has 0 atom stereocenters. The maximum absolute atomic E-state index is 12.2. The molecule has 1 aromatic carbocycles. The Hall–Kier alpha value is -2.37. The van der Waals surface area contributed by atoms with E-state index in [0.29, 0.717) is 5.69 Å². The zero-order chi connectivity index (χ0) is 14.8. The van der Waals surface area contributed by atoms with Crippen LogP contribution in [0.15, 0.2) is 34.9 Å². The second kappa shape index (κ2) is 5.55. The quantitative estimate of drug-likeness (QED) is 0.779. The van der Waals surface area contributed by atoms with Crippen LogP contribution in [-0.4, -0.2) is 23.1 Å². The molecule has 110 valence electrons. The lowest BCUT2D eigenvalue weighted by Crippen LogP contribution is -2.42. The van der Waals surface area contributed by atoms with Crippen LogP contribution in [0.3, 0.4) is 0 Å². The lowest BCUT2D eigenvalue weighted by Gasteiger charge is -2.28. The number of hydrogen-bond donors (Lipinski definition) is 0. The molecule has 0 bridgehead atoms. The maximum Gasteiger partial charge on any atom is 0.259 e. The van der Waals surface area contributed by atoms with Crippen molar-refractivity contribution < 1.29 is 19.1 Å². The fourth-order valence-electron chi connectivity index (χ4n) is 2.44. The van der Waals surface area contributed by atoms with E-state index in [4.69, 9.17) is 4.52 Å². The van der Waals surface area contributed by atoms with Crippen LogP contribution in [0, 0.1) is 5.92 Å². The van der Waals surface area contributed by atoms with Gasteiger partial charge < -0.3 is 14.5 Å². The number of carbonyl (C=O) groups excluding carboxylic acids is 1. The maximum atomic E-state index is 12.2. The third-order valence-corrected chi connectivity index (χ3v) is 3.92. The third-order valence-electron chi connectivity index (χ3n) is 3.92.